The van der Waals surface area contributed by atoms with Crippen molar-refractivity contribution in [3.05, 3.63) is 64.4 Å². The normalized spacial score (nSPS) is 19.4. The second-order valence-electron chi connectivity index (χ2n) is 5.40. The second-order valence-corrected chi connectivity index (χ2v) is 5.81. The van der Waals surface area contributed by atoms with E-state index in [1.807, 2.05) is 30.5 Å². The van der Waals surface area contributed by atoms with Crippen LogP contribution in [-0.4, -0.2) is 4.98 Å². The minimum atomic E-state index is 0.224. The van der Waals surface area contributed by atoms with Gasteiger partial charge < -0.3 is 5.32 Å². The van der Waals surface area contributed by atoms with E-state index in [1.165, 1.54) is 17.7 Å². The van der Waals surface area contributed by atoms with Crippen molar-refractivity contribution in [1.82, 2.24) is 10.3 Å². The highest BCUT2D eigenvalue weighted by Crippen LogP contribution is 2.31. The van der Waals surface area contributed by atoms with Crippen LogP contribution in [0, 0.1) is 0 Å². The highest BCUT2D eigenvalue weighted by atomic mass is 35.5. The number of benzene rings is 1. The van der Waals surface area contributed by atoms with Crippen LogP contribution in [0.5, 0.6) is 0 Å². The number of pyridine rings is 1. The van der Waals surface area contributed by atoms with Crippen molar-refractivity contribution >= 4 is 11.6 Å². The van der Waals surface area contributed by atoms with Crippen molar-refractivity contribution in [3.8, 4) is 0 Å². The highest BCUT2D eigenvalue weighted by Gasteiger charge is 2.23. The van der Waals surface area contributed by atoms with E-state index < -0.39 is 0 Å². The summed E-state index contributed by atoms with van der Waals surface area (Å²) in [6.45, 7) is 2.17. The maximum atomic E-state index is 6.28. The Morgan fingerprint density at radius 1 is 1.25 bits per heavy atom. The summed E-state index contributed by atoms with van der Waals surface area (Å²) in [6, 6.07) is 12.8. The van der Waals surface area contributed by atoms with Gasteiger partial charge in [0, 0.05) is 17.3 Å². The quantitative estimate of drug-likeness (QED) is 0.901. The lowest BCUT2D eigenvalue weighted by molar-refractivity contribution is 0.406. The molecule has 3 heteroatoms. The lowest BCUT2D eigenvalue weighted by Gasteiger charge is -2.28. The Morgan fingerprint density at radius 3 is 2.95 bits per heavy atom. The molecule has 1 N–H and O–H groups in total. The molecule has 0 bridgehead atoms. The standard InChI is InChI=1S/C17H19ClN2/c1-12(14-8-2-3-9-15(14)18)20-16-10-4-6-13-7-5-11-19-17(13)16/h2-3,5,7-9,11-12,16,20H,4,6,10H2,1H3/t12-,16?/m1/s1. The van der Waals surface area contributed by atoms with Crippen molar-refractivity contribution in [2.45, 2.75) is 38.3 Å². The smallest absolute Gasteiger partial charge is 0.0605 e. The van der Waals surface area contributed by atoms with Crippen molar-refractivity contribution in [3.63, 3.8) is 0 Å². The Bertz CT molecular complexity index is 597. The molecule has 1 aliphatic carbocycles. The van der Waals surface area contributed by atoms with E-state index in [1.54, 1.807) is 0 Å². The fraction of sp³-hybridized carbons (Fsp3) is 0.353. The van der Waals surface area contributed by atoms with Gasteiger partial charge in [0.25, 0.3) is 0 Å². The van der Waals surface area contributed by atoms with E-state index >= 15 is 0 Å². The average Bonchev–Trinajstić information content (AvgIpc) is 2.48. The Labute approximate surface area is 125 Å². The fourth-order valence-corrected chi connectivity index (χ4v) is 3.29. The molecule has 1 aromatic heterocycles. The number of aryl methyl sites for hydroxylation is 1. The zero-order valence-electron chi connectivity index (χ0n) is 11.6. The molecule has 2 atom stereocenters. The van der Waals surface area contributed by atoms with Gasteiger partial charge in [-0.15, -0.1) is 0 Å². The molecule has 0 radical (unpaired) electrons. The fourth-order valence-electron chi connectivity index (χ4n) is 2.99. The SMILES string of the molecule is C[C@@H](NC1CCCc2cccnc21)c1ccccc1Cl. The lowest BCUT2D eigenvalue weighted by atomic mass is 9.91. The van der Waals surface area contributed by atoms with E-state index in [-0.39, 0.29) is 6.04 Å². The van der Waals surface area contributed by atoms with Gasteiger partial charge in [0.15, 0.2) is 0 Å². The molecule has 0 fully saturated rings. The molecule has 1 heterocycles. The maximum Gasteiger partial charge on any atom is 0.0605 e. The van der Waals surface area contributed by atoms with E-state index in [2.05, 4.69) is 29.4 Å². The third-order valence-corrected chi connectivity index (χ3v) is 4.36. The van der Waals surface area contributed by atoms with Crippen LogP contribution >= 0.6 is 11.6 Å². The number of halogens is 1. The molecular weight excluding hydrogens is 268 g/mol. The number of fused-ring (bicyclic) bond motifs is 1. The predicted octanol–water partition coefficient (Wildman–Crippen LogP) is 4.46. The summed E-state index contributed by atoms with van der Waals surface area (Å²) in [5.41, 5.74) is 3.73. The van der Waals surface area contributed by atoms with Crippen molar-refractivity contribution in [1.29, 1.82) is 0 Å². The van der Waals surface area contributed by atoms with Gasteiger partial charge in [-0.25, -0.2) is 0 Å². The molecule has 2 aromatic rings. The van der Waals surface area contributed by atoms with E-state index in [0.29, 0.717) is 6.04 Å². The number of hydrogen-bond donors (Lipinski definition) is 1. The number of rotatable bonds is 3. The molecule has 0 saturated carbocycles. The zero-order chi connectivity index (χ0) is 13.9. The third-order valence-electron chi connectivity index (χ3n) is 4.02. The molecule has 104 valence electrons. The van der Waals surface area contributed by atoms with Gasteiger partial charge in [0.1, 0.15) is 0 Å². The van der Waals surface area contributed by atoms with Gasteiger partial charge in [-0.1, -0.05) is 35.9 Å². The Hall–Kier alpha value is -1.38. The molecule has 20 heavy (non-hydrogen) atoms. The summed E-state index contributed by atoms with van der Waals surface area (Å²) in [5.74, 6) is 0. The molecule has 2 nitrogen and oxygen atoms in total. The van der Waals surface area contributed by atoms with E-state index in [4.69, 9.17) is 11.6 Å². The van der Waals surface area contributed by atoms with Crippen LogP contribution < -0.4 is 5.32 Å². The zero-order valence-corrected chi connectivity index (χ0v) is 12.4. The molecule has 3 rings (SSSR count). The minimum Gasteiger partial charge on any atom is -0.302 e. The first-order chi connectivity index (χ1) is 9.75. The van der Waals surface area contributed by atoms with E-state index in [9.17, 15) is 0 Å². The number of nitrogens with one attached hydrogen (secondary N) is 1. The summed E-state index contributed by atoms with van der Waals surface area (Å²) in [7, 11) is 0. The van der Waals surface area contributed by atoms with Gasteiger partial charge in [0.2, 0.25) is 0 Å². The molecule has 0 amide bonds. The Kier molecular flexibility index (Phi) is 4.04. The van der Waals surface area contributed by atoms with Crippen LogP contribution in [0.1, 0.15) is 48.7 Å². The predicted molar refractivity (Wildman–Crippen MR) is 82.9 cm³/mol. The van der Waals surface area contributed by atoms with Crippen LogP contribution in [0.25, 0.3) is 0 Å². The molecule has 1 aliphatic rings. The van der Waals surface area contributed by atoms with Gasteiger partial charge in [-0.05, 0) is 49.4 Å². The average molecular weight is 287 g/mol. The molecular formula is C17H19ClN2. The summed E-state index contributed by atoms with van der Waals surface area (Å²) in [6.07, 6.45) is 5.38. The molecule has 0 saturated heterocycles. The van der Waals surface area contributed by atoms with E-state index in [0.717, 1.165) is 23.4 Å². The second kappa shape index (κ2) is 5.94. The topological polar surface area (TPSA) is 24.9 Å². The lowest BCUT2D eigenvalue weighted by Crippen LogP contribution is -2.28. The number of hydrogen-bond acceptors (Lipinski definition) is 2. The van der Waals surface area contributed by atoms with Gasteiger partial charge in [0.05, 0.1) is 11.7 Å². The summed E-state index contributed by atoms with van der Waals surface area (Å²) >= 11 is 6.28. The van der Waals surface area contributed by atoms with Crippen LogP contribution in [0.15, 0.2) is 42.6 Å². The molecule has 1 unspecified atom stereocenters. The summed E-state index contributed by atoms with van der Waals surface area (Å²) < 4.78 is 0. The molecule has 1 aromatic carbocycles. The first-order valence-corrected chi connectivity index (χ1v) is 7.58. The molecule has 0 spiro atoms. The van der Waals surface area contributed by atoms with Crippen LogP contribution in [0.2, 0.25) is 5.02 Å². The maximum absolute atomic E-state index is 6.28. The van der Waals surface area contributed by atoms with Crippen LogP contribution in [0.3, 0.4) is 0 Å². The first-order valence-electron chi connectivity index (χ1n) is 7.20. The number of nitrogens with zero attached hydrogens (tertiary/aromatic N) is 1. The summed E-state index contributed by atoms with van der Waals surface area (Å²) in [4.78, 5) is 4.57. The Balaban J connectivity index is 1.81. The van der Waals surface area contributed by atoms with Crippen molar-refractivity contribution in [2.24, 2.45) is 0 Å². The molecule has 0 aliphatic heterocycles. The first kappa shape index (κ1) is 13.6. The van der Waals surface area contributed by atoms with Gasteiger partial charge in [-0.3, -0.25) is 4.98 Å². The minimum absolute atomic E-state index is 0.224. The summed E-state index contributed by atoms with van der Waals surface area (Å²) in [5, 5.41) is 4.51. The highest BCUT2D eigenvalue weighted by molar-refractivity contribution is 6.31. The monoisotopic (exact) mass is 286 g/mol. The van der Waals surface area contributed by atoms with Crippen LogP contribution in [0.4, 0.5) is 0 Å². The van der Waals surface area contributed by atoms with Crippen molar-refractivity contribution < 1.29 is 0 Å². The van der Waals surface area contributed by atoms with Crippen LogP contribution in [-0.2, 0) is 6.42 Å². The van der Waals surface area contributed by atoms with Gasteiger partial charge in [-0.2, -0.15) is 0 Å². The van der Waals surface area contributed by atoms with Crippen molar-refractivity contribution in [2.75, 3.05) is 0 Å². The van der Waals surface area contributed by atoms with Gasteiger partial charge >= 0.3 is 0 Å². The number of aromatic nitrogens is 1. The Morgan fingerprint density at radius 2 is 2.10 bits per heavy atom. The largest absolute Gasteiger partial charge is 0.302 e. The third kappa shape index (κ3) is 2.72.